The minimum atomic E-state index is -0.196. The lowest BCUT2D eigenvalue weighted by Gasteiger charge is -2.19. The first kappa shape index (κ1) is 14.8. The summed E-state index contributed by atoms with van der Waals surface area (Å²) < 4.78 is 0. The molecule has 1 saturated carbocycles. The molecular formula is C16H18N2O3S. The largest absolute Gasteiger partial charge is 0.504 e. The number of nitrogens with one attached hydrogen (secondary N) is 1. The number of phenolic OH excluding ortho intramolecular Hbond substituents is 2. The van der Waals surface area contributed by atoms with Crippen LogP contribution in [0.25, 0.3) is 11.3 Å². The highest BCUT2D eigenvalue weighted by Crippen LogP contribution is 2.37. The van der Waals surface area contributed by atoms with Crippen LogP contribution in [0.4, 0.5) is 5.13 Å². The van der Waals surface area contributed by atoms with E-state index in [0.29, 0.717) is 16.4 Å². The maximum absolute atomic E-state index is 12.2. The van der Waals surface area contributed by atoms with Crippen molar-refractivity contribution in [1.29, 1.82) is 0 Å². The normalized spacial score (nSPS) is 15.6. The van der Waals surface area contributed by atoms with Gasteiger partial charge in [-0.25, -0.2) is 4.98 Å². The molecule has 1 fully saturated rings. The zero-order valence-corrected chi connectivity index (χ0v) is 12.9. The van der Waals surface area contributed by atoms with Crippen LogP contribution in [0.3, 0.4) is 0 Å². The second-order valence-corrected chi connectivity index (χ2v) is 6.39. The van der Waals surface area contributed by atoms with Gasteiger partial charge in [-0.3, -0.25) is 4.79 Å². The summed E-state index contributed by atoms with van der Waals surface area (Å²) in [4.78, 5) is 16.5. The number of phenols is 2. The van der Waals surface area contributed by atoms with Gasteiger partial charge in [0.15, 0.2) is 16.6 Å². The summed E-state index contributed by atoms with van der Waals surface area (Å²) in [6.07, 6.45) is 5.31. The van der Waals surface area contributed by atoms with Gasteiger partial charge in [0.1, 0.15) is 0 Å². The van der Waals surface area contributed by atoms with Crippen molar-refractivity contribution in [2.45, 2.75) is 32.1 Å². The molecule has 3 rings (SSSR count). The lowest BCUT2D eigenvalue weighted by Crippen LogP contribution is -2.24. The molecule has 0 bridgehead atoms. The molecule has 1 aliphatic carbocycles. The predicted molar refractivity (Wildman–Crippen MR) is 86.1 cm³/mol. The van der Waals surface area contributed by atoms with Crippen molar-refractivity contribution in [2.24, 2.45) is 5.92 Å². The van der Waals surface area contributed by atoms with Crippen LogP contribution in [-0.2, 0) is 4.79 Å². The number of anilines is 1. The fourth-order valence-corrected chi connectivity index (χ4v) is 3.48. The van der Waals surface area contributed by atoms with Gasteiger partial charge in [-0.1, -0.05) is 25.3 Å². The molecule has 1 aromatic heterocycles. The summed E-state index contributed by atoms with van der Waals surface area (Å²) >= 11 is 1.32. The van der Waals surface area contributed by atoms with Crippen molar-refractivity contribution in [3.05, 3.63) is 23.6 Å². The van der Waals surface area contributed by atoms with E-state index in [9.17, 15) is 15.0 Å². The highest BCUT2D eigenvalue weighted by molar-refractivity contribution is 7.14. The molecule has 1 heterocycles. The first-order valence-electron chi connectivity index (χ1n) is 7.43. The van der Waals surface area contributed by atoms with Crippen molar-refractivity contribution in [3.8, 4) is 22.8 Å². The van der Waals surface area contributed by atoms with Gasteiger partial charge in [-0.05, 0) is 25.0 Å². The summed E-state index contributed by atoms with van der Waals surface area (Å²) in [5.74, 6) is -0.271. The Morgan fingerprint density at radius 3 is 2.77 bits per heavy atom. The van der Waals surface area contributed by atoms with Crippen LogP contribution in [0.2, 0.25) is 0 Å². The topological polar surface area (TPSA) is 82.5 Å². The molecule has 1 aliphatic rings. The average Bonchev–Trinajstić information content (AvgIpc) is 2.99. The van der Waals surface area contributed by atoms with E-state index >= 15 is 0 Å². The highest BCUT2D eigenvalue weighted by atomic mass is 32.1. The van der Waals surface area contributed by atoms with E-state index in [2.05, 4.69) is 10.3 Å². The van der Waals surface area contributed by atoms with Gasteiger partial charge < -0.3 is 15.5 Å². The van der Waals surface area contributed by atoms with Crippen LogP contribution in [0, 0.1) is 5.92 Å². The lowest BCUT2D eigenvalue weighted by atomic mass is 9.89. The van der Waals surface area contributed by atoms with Gasteiger partial charge in [0.2, 0.25) is 5.91 Å². The first-order chi connectivity index (χ1) is 10.6. The summed E-state index contributed by atoms with van der Waals surface area (Å²) in [7, 11) is 0. The van der Waals surface area contributed by atoms with E-state index in [1.807, 2.05) is 0 Å². The summed E-state index contributed by atoms with van der Waals surface area (Å²) in [6, 6.07) is 4.73. The molecule has 22 heavy (non-hydrogen) atoms. The molecule has 0 unspecified atom stereocenters. The summed E-state index contributed by atoms with van der Waals surface area (Å²) in [6.45, 7) is 0. The van der Waals surface area contributed by atoms with Crippen molar-refractivity contribution in [2.75, 3.05) is 5.32 Å². The zero-order chi connectivity index (χ0) is 15.5. The quantitative estimate of drug-likeness (QED) is 0.753. The van der Waals surface area contributed by atoms with Gasteiger partial charge >= 0.3 is 0 Å². The smallest absolute Gasteiger partial charge is 0.229 e. The minimum Gasteiger partial charge on any atom is -0.504 e. The standard InChI is InChI=1S/C16H18N2O3S/c19-13-8-4-7-11(14(13)20)12-9-22-16(17-12)18-15(21)10-5-2-1-3-6-10/h4,7-10,19-20H,1-3,5-6H2,(H,17,18,21). The first-order valence-corrected chi connectivity index (χ1v) is 8.31. The molecule has 0 radical (unpaired) electrons. The Morgan fingerprint density at radius 2 is 2.00 bits per heavy atom. The Balaban J connectivity index is 1.73. The van der Waals surface area contributed by atoms with Gasteiger partial charge in [0, 0.05) is 16.9 Å². The summed E-state index contributed by atoms with van der Waals surface area (Å²) in [5.41, 5.74) is 0.992. The maximum Gasteiger partial charge on any atom is 0.229 e. The van der Waals surface area contributed by atoms with E-state index in [-0.39, 0.29) is 23.3 Å². The van der Waals surface area contributed by atoms with Crippen LogP contribution >= 0.6 is 11.3 Å². The monoisotopic (exact) mass is 318 g/mol. The third-order valence-corrected chi connectivity index (χ3v) is 4.76. The number of carbonyl (C=O) groups excluding carboxylic acids is 1. The minimum absolute atomic E-state index is 0.0285. The number of aromatic hydroxyl groups is 2. The van der Waals surface area contributed by atoms with Crippen LogP contribution in [0.5, 0.6) is 11.5 Å². The fraction of sp³-hybridized carbons (Fsp3) is 0.375. The Kier molecular flexibility index (Phi) is 4.29. The van der Waals surface area contributed by atoms with Crippen LogP contribution in [0.15, 0.2) is 23.6 Å². The molecule has 1 amide bonds. The van der Waals surface area contributed by atoms with E-state index in [4.69, 9.17) is 0 Å². The number of amides is 1. The number of para-hydroxylation sites is 1. The number of thiazole rings is 1. The molecule has 116 valence electrons. The molecule has 0 spiro atoms. The zero-order valence-electron chi connectivity index (χ0n) is 12.1. The maximum atomic E-state index is 12.2. The van der Waals surface area contributed by atoms with Crippen molar-refractivity contribution >= 4 is 22.4 Å². The van der Waals surface area contributed by atoms with E-state index in [1.165, 1.54) is 23.8 Å². The van der Waals surface area contributed by atoms with Gasteiger partial charge in [0.25, 0.3) is 0 Å². The number of hydrogen-bond acceptors (Lipinski definition) is 5. The van der Waals surface area contributed by atoms with E-state index in [0.717, 1.165) is 25.7 Å². The molecule has 0 saturated heterocycles. The third-order valence-electron chi connectivity index (χ3n) is 4.00. The third kappa shape index (κ3) is 3.06. The number of carbonyl (C=O) groups is 1. The number of nitrogens with zero attached hydrogens (tertiary/aromatic N) is 1. The molecule has 2 aromatic rings. The van der Waals surface area contributed by atoms with Gasteiger partial charge in [-0.15, -0.1) is 11.3 Å². The molecule has 0 aliphatic heterocycles. The number of benzene rings is 1. The Labute approximate surface area is 132 Å². The van der Waals surface area contributed by atoms with Crippen molar-refractivity contribution < 1.29 is 15.0 Å². The summed E-state index contributed by atoms with van der Waals surface area (Å²) in [5, 5.41) is 24.5. The Morgan fingerprint density at radius 1 is 1.23 bits per heavy atom. The van der Waals surface area contributed by atoms with Crippen molar-refractivity contribution in [1.82, 2.24) is 4.98 Å². The Bertz CT molecular complexity index is 678. The molecule has 5 nitrogen and oxygen atoms in total. The fourth-order valence-electron chi connectivity index (χ4n) is 2.77. The average molecular weight is 318 g/mol. The van der Waals surface area contributed by atoms with E-state index < -0.39 is 0 Å². The second kappa shape index (κ2) is 6.36. The molecule has 0 atom stereocenters. The SMILES string of the molecule is O=C(Nc1nc(-c2cccc(O)c2O)cs1)C1CCCCC1. The van der Waals surface area contributed by atoms with E-state index in [1.54, 1.807) is 17.5 Å². The second-order valence-electron chi connectivity index (χ2n) is 5.54. The Hall–Kier alpha value is -2.08. The van der Waals surface area contributed by atoms with Crippen molar-refractivity contribution in [3.63, 3.8) is 0 Å². The van der Waals surface area contributed by atoms with Gasteiger partial charge in [0.05, 0.1) is 5.69 Å². The highest BCUT2D eigenvalue weighted by Gasteiger charge is 2.22. The van der Waals surface area contributed by atoms with Crippen LogP contribution in [-0.4, -0.2) is 21.1 Å². The molecule has 6 heteroatoms. The predicted octanol–water partition coefficient (Wildman–Crippen LogP) is 3.74. The number of hydrogen-bond donors (Lipinski definition) is 3. The van der Waals surface area contributed by atoms with Gasteiger partial charge in [-0.2, -0.15) is 0 Å². The lowest BCUT2D eigenvalue weighted by molar-refractivity contribution is -0.120. The van der Waals surface area contributed by atoms with Crippen LogP contribution in [0.1, 0.15) is 32.1 Å². The number of aromatic nitrogens is 1. The molecule has 1 aromatic carbocycles. The molecular weight excluding hydrogens is 300 g/mol. The molecule has 3 N–H and O–H groups in total. The van der Waals surface area contributed by atoms with Crippen LogP contribution < -0.4 is 5.32 Å². The number of rotatable bonds is 3.